The SMILES string of the molecule is CC(C)(C)CC(=S)S[C@@H]1CC(=O)N1C(O)C(=O)OCc1ccc([N+](=O)[O-])cc1. The number of aliphatic hydroxyl groups is 1. The Morgan fingerprint density at radius 2 is 2.04 bits per heavy atom. The number of likely N-dealkylation sites (tertiary alicyclic amines) is 1. The maximum atomic E-state index is 12.1. The number of β-lactam (4-membered cyclic amide) rings is 1. The van der Waals surface area contributed by atoms with E-state index in [0.717, 1.165) is 4.90 Å². The zero-order valence-electron chi connectivity index (χ0n) is 15.8. The van der Waals surface area contributed by atoms with Crippen LogP contribution < -0.4 is 0 Å². The fourth-order valence-electron chi connectivity index (χ4n) is 2.48. The molecule has 0 spiro atoms. The average Bonchev–Trinajstić information content (AvgIpc) is 2.57. The van der Waals surface area contributed by atoms with Crippen molar-refractivity contribution in [2.75, 3.05) is 0 Å². The molecule has 28 heavy (non-hydrogen) atoms. The third-order valence-electron chi connectivity index (χ3n) is 3.89. The molecule has 0 saturated carbocycles. The van der Waals surface area contributed by atoms with E-state index >= 15 is 0 Å². The van der Waals surface area contributed by atoms with Crippen molar-refractivity contribution in [1.29, 1.82) is 0 Å². The van der Waals surface area contributed by atoms with Crippen LogP contribution in [0.25, 0.3) is 0 Å². The molecule has 0 aliphatic carbocycles. The minimum absolute atomic E-state index is 0.00493. The second-order valence-electron chi connectivity index (χ2n) is 7.59. The smallest absolute Gasteiger partial charge is 0.356 e. The molecule has 1 saturated heterocycles. The van der Waals surface area contributed by atoms with Crippen molar-refractivity contribution in [2.24, 2.45) is 5.41 Å². The van der Waals surface area contributed by atoms with E-state index in [-0.39, 0.29) is 30.0 Å². The van der Waals surface area contributed by atoms with Crippen molar-refractivity contribution in [1.82, 2.24) is 4.90 Å². The molecule has 1 heterocycles. The fraction of sp³-hybridized carbons (Fsp3) is 0.500. The summed E-state index contributed by atoms with van der Waals surface area (Å²) in [5.74, 6) is -1.31. The van der Waals surface area contributed by atoms with Crippen LogP contribution in [-0.2, 0) is 20.9 Å². The Morgan fingerprint density at radius 3 is 2.54 bits per heavy atom. The molecule has 1 aromatic carbocycles. The number of nitrogens with zero attached hydrogens (tertiary/aromatic N) is 2. The van der Waals surface area contributed by atoms with Crippen LogP contribution in [0.3, 0.4) is 0 Å². The molecule has 0 bridgehead atoms. The van der Waals surface area contributed by atoms with Gasteiger partial charge in [0.05, 0.1) is 20.9 Å². The van der Waals surface area contributed by atoms with Gasteiger partial charge in [0.25, 0.3) is 5.69 Å². The van der Waals surface area contributed by atoms with Gasteiger partial charge in [0, 0.05) is 12.1 Å². The van der Waals surface area contributed by atoms with E-state index < -0.39 is 22.5 Å². The Labute approximate surface area is 172 Å². The lowest BCUT2D eigenvalue weighted by Crippen LogP contribution is -2.59. The number of nitro groups is 1. The third-order valence-corrected chi connectivity index (χ3v) is 5.40. The van der Waals surface area contributed by atoms with Crippen LogP contribution in [0.1, 0.15) is 39.2 Å². The molecule has 152 valence electrons. The summed E-state index contributed by atoms with van der Waals surface area (Å²) in [6.07, 6.45) is -0.845. The first-order valence-electron chi connectivity index (χ1n) is 8.56. The van der Waals surface area contributed by atoms with Gasteiger partial charge in [-0.05, 0) is 29.5 Å². The van der Waals surface area contributed by atoms with E-state index in [1.807, 2.05) is 20.8 Å². The highest BCUT2D eigenvalue weighted by Gasteiger charge is 2.44. The number of benzene rings is 1. The van der Waals surface area contributed by atoms with Crippen molar-refractivity contribution < 1.29 is 24.4 Å². The maximum absolute atomic E-state index is 12.1. The van der Waals surface area contributed by atoms with Crippen molar-refractivity contribution in [3.05, 3.63) is 39.9 Å². The third kappa shape index (κ3) is 5.98. The Bertz CT molecular complexity index is 775. The van der Waals surface area contributed by atoms with Gasteiger partial charge in [-0.1, -0.05) is 44.8 Å². The summed E-state index contributed by atoms with van der Waals surface area (Å²) in [7, 11) is 0. The number of non-ortho nitro benzene ring substituents is 1. The summed E-state index contributed by atoms with van der Waals surface area (Å²) >= 11 is 6.64. The number of nitro benzene ring substituents is 1. The Morgan fingerprint density at radius 1 is 1.43 bits per heavy atom. The molecule has 1 N–H and O–H groups in total. The first-order valence-corrected chi connectivity index (χ1v) is 9.85. The lowest BCUT2D eigenvalue weighted by Gasteiger charge is -2.41. The van der Waals surface area contributed by atoms with Gasteiger partial charge in [0.15, 0.2) is 0 Å². The highest BCUT2D eigenvalue weighted by molar-refractivity contribution is 8.23. The van der Waals surface area contributed by atoms with E-state index in [4.69, 9.17) is 17.0 Å². The van der Waals surface area contributed by atoms with Crippen LogP contribution >= 0.6 is 24.0 Å². The van der Waals surface area contributed by atoms with E-state index in [1.54, 1.807) is 0 Å². The van der Waals surface area contributed by atoms with Crippen molar-refractivity contribution >= 4 is 45.7 Å². The number of carbonyl (C=O) groups excluding carboxylic acids is 2. The predicted molar refractivity (Wildman–Crippen MR) is 108 cm³/mol. The molecule has 10 heteroatoms. The molecule has 1 aromatic rings. The minimum atomic E-state index is -1.71. The van der Waals surface area contributed by atoms with Gasteiger partial charge in [-0.15, -0.1) is 0 Å². The number of thiocarbonyl (C=S) groups is 1. The number of carbonyl (C=O) groups is 2. The quantitative estimate of drug-likeness (QED) is 0.233. The molecule has 2 atom stereocenters. The molecule has 8 nitrogen and oxygen atoms in total. The summed E-state index contributed by atoms with van der Waals surface area (Å²) < 4.78 is 5.74. The first-order chi connectivity index (χ1) is 13.0. The number of rotatable bonds is 7. The molecule has 1 fully saturated rings. The van der Waals surface area contributed by atoms with Gasteiger partial charge in [-0.3, -0.25) is 19.8 Å². The number of hydrogen-bond donors (Lipinski definition) is 1. The van der Waals surface area contributed by atoms with Crippen LogP contribution in [-0.4, -0.2) is 42.6 Å². The van der Waals surface area contributed by atoms with Crippen LogP contribution in [0.4, 0.5) is 5.69 Å². The molecule has 2 rings (SSSR count). The number of aliphatic hydroxyl groups excluding tert-OH is 1. The molecule has 1 amide bonds. The molecule has 0 radical (unpaired) electrons. The molecule has 0 aromatic heterocycles. The minimum Gasteiger partial charge on any atom is -0.457 e. The topological polar surface area (TPSA) is 110 Å². The highest BCUT2D eigenvalue weighted by atomic mass is 32.2. The summed E-state index contributed by atoms with van der Waals surface area (Å²) in [4.78, 5) is 35.2. The zero-order chi connectivity index (χ0) is 21.1. The van der Waals surface area contributed by atoms with Gasteiger partial charge < -0.3 is 9.84 Å². The monoisotopic (exact) mass is 426 g/mol. The van der Waals surface area contributed by atoms with Gasteiger partial charge in [0.1, 0.15) is 6.61 Å². The summed E-state index contributed by atoms with van der Waals surface area (Å²) in [6.45, 7) is 5.98. The lowest BCUT2D eigenvalue weighted by molar-refractivity contribution is -0.384. The van der Waals surface area contributed by atoms with Crippen LogP contribution in [0.5, 0.6) is 0 Å². The standard InChI is InChI=1S/C18H22N2O6S2/c1-18(2,3)9-15(27)28-14-8-13(21)19(14)16(22)17(23)26-10-11-4-6-12(7-5-11)20(24)25/h4-7,14,16,22H,8-10H2,1-3H3/t14-,16?/m1/s1. The van der Waals surface area contributed by atoms with Crippen LogP contribution in [0.2, 0.25) is 0 Å². The number of thioether (sulfide) groups is 1. The second kappa shape index (κ2) is 8.97. The van der Waals surface area contributed by atoms with E-state index in [1.165, 1.54) is 36.0 Å². The molecular formula is C18H22N2O6S2. The number of esters is 1. The molecule has 1 aliphatic rings. The van der Waals surface area contributed by atoms with Crippen LogP contribution in [0.15, 0.2) is 24.3 Å². The molecule has 1 unspecified atom stereocenters. The Balaban J connectivity index is 1.89. The summed E-state index contributed by atoms with van der Waals surface area (Å²) in [5, 5.41) is 20.4. The fourth-order valence-corrected chi connectivity index (χ4v) is 4.63. The first kappa shape index (κ1) is 22.3. The summed E-state index contributed by atoms with van der Waals surface area (Å²) in [5.41, 5.74) is 0.455. The summed E-state index contributed by atoms with van der Waals surface area (Å²) in [6, 6.07) is 5.50. The lowest BCUT2D eigenvalue weighted by atomic mass is 9.93. The highest BCUT2D eigenvalue weighted by Crippen LogP contribution is 2.35. The Hall–Kier alpha value is -2.04. The van der Waals surface area contributed by atoms with Gasteiger partial charge in [-0.2, -0.15) is 0 Å². The predicted octanol–water partition coefficient (Wildman–Crippen LogP) is 3.01. The van der Waals surface area contributed by atoms with Gasteiger partial charge in [-0.25, -0.2) is 4.79 Å². The number of ether oxygens (including phenoxy) is 1. The van der Waals surface area contributed by atoms with Crippen LogP contribution in [0, 0.1) is 15.5 Å². The van der Waals surface area contributed by atoms with Crippen molar-refractivity contribution in [3.63, 3.8) is 0 Å². The van der Waals surface area contributed by atoms with Gasteiger partial charge in [0.2, 0.25) is 12.1 Å². The van der Waals surface area contributed by atoms with Gasteiger partial charge >= 0.3 is 5.97 Å². The van der Waals surface area contributed by atoms with E-state index in [2.05, 4.69) is 0 Å². The van der Waals surface area contributed by atoms with E-state index in [9.17, 15) is 24.8 Å². The normalized spacial score (nSPS) is 17.6. The largest absolute Gasteiger partial charge is 0.457 e. The maximum Gasteiger partial charge on any atom is 0.356 e. The zero-order valence-corrected chi connectivity index (χ0v) is 17.4. The Kier molecular flexibility index (Phi) is 7.13. The average molecular weight is 427 g/mol. The van der Waals surface area contributed by atoms with Crippen molar-refractivity contribution in [2.45, 2.75) is 51.8 Å². The molecule has 1 aliphatic heterocycles. The number of hydrogen-bond acceptors (Lipinski definition) is 8. The molecular weight excluding hydrogens is 404 g/mol. The number of amides is 1. The second-order valence-corrected chi connectivity index (χ2v) is 9.62. The van der Waals surface area contributed by atoms with Crippen molar-refractivity contribution in [3.8, 4) is 0 Å². The van der Waals surface area contributed by atoms with E-state index in [0.29, 0.717) is 16.2 Å².